The van der Waals surface area contributed by atoms with Crippen LogP contribution in [0.4, 0.5) is 0 Å². The van der Waals surface area contributed by atoms with E-state index in [-0.39, 0.29) is 38.5 Å². The number of ether oxygens (including phenoxy) is 2. The fourth-order valence-corrected chi connectivity index (χ4v) is 4.44. The van der Waals surface area contributed by atoms with E-state index >= 15 is 0 Å². The minimum absolute atomic E-state index is 0.0332. The molecule has 0 saturated heterocycles. The standard InChI is InChI=1S/C33H46N4O8/c1-43-23-30(39)34-20-9-8-14-28(36-31(40)24-44-2)33(42)35-21-19-32(41)45-37-29(38)22-27-17-15-26(16-18-27)13-7-6-12-25-10-4-3-5-11-25/h3-5,10-11,15-18,28H,6-9,12-14,19-24H2,1-2H3,(H,34,39)(H,35,42)(H,36,40)(H,37,38)/t28-/m0/s1. The minimum atomic E-state index is -0.848. The van der Waals surface area contributed by atoms with Crippen molar-refractivity contribution in [1.29, 1.82) is 0 Å². The molecule has 2 aromatic rings. The molecule has 45 heavy (non-hydrogen) atoms. The van der Waals surface area contributed by atoms with E-state index in [0.717, 1.165) is 31.2 Å². The van der Waals surface area contributed by atoms with Crippen molar-refractivity contribution >= 4 is 29.6 Å². The highest BCUT2D eigenvalue weighted by Crippen LogP contribution is 2.11. The second-order valence-corrected chi connectivity index (χ2v) is 10.6. The van der Waals surface area contributed by atoms with Gasteiger partial charge in [-0.25, -0.2) is 4.79 Å². The van der Waals surface area contributed by atoms with Gasteiger partial charge < -0.3 is 30.3 Å². The molecule has 12 heteroatoms. The van der Waals surface area contributed by atoms with Gasteiger partial charge in [-0.05, 0) is 61.6 Å². The molecule has 0 aromatic heterocycles. The molecule has 0 aliphatic heterocycles. The van der Waals surface area contributed by atoms with Crippen LogP contribution in [0.5, 0.6) is 0 Å². The maximum absolute atomic E-state index is 12.7. The first-order chi connectivity index (χ1) is 21.8. The predicted octanol–water partition coefficient (Wildman–Crippen LogP) is 1.94. The van der Waals surface area contributed by atoms with Gasteiger partial charge in [0.15, 0.2) is 0 Å². The summed E-state index contributed by atoms with van der Waals surface area (Å²) in [5.41, 5.74) is 5.49. The third-order valence-electron chi connectivity index (χ3n) is 6.76. The van der Waals surface area contributed by atoms with Crippen molar-refractivity contribution in [2.75, 3.05) is 40.5 Å². The van der Waals surface area contributed by atoms with Crippen molar-refractivity contribution in [3.8, 4) is 0 Å². The Morgan fingerprint density at radius 1 is 0.667 bits per heavy atom. The van der Waals surface area contributed by atoms with E-state index in [2.05, 4.69) is 45.7 Å². The van der Waals surface area contributed by atoms with Crippen molar-refractivity contribution < 1.29 is 38.3 Å². The normalized spacial score (nSPS) is 11.2. The van der Waals surface area contributed by atoms with Crippen LogP contribution >= 0.6 is 0 Å². The summed E-state index contributed by atoms with van der Waals surface area (Å²) in [5.74, 6) is -2.36. The maximum Gasteiger partial charge on any atom is 0.334 e. The summed E-state index contributed by atoms with van der Waals surface area (Å²) >= 11 is 0. The average Bonchev–Trinajstić information content (AvgIpc) is 3.03. The van der Waals surface area contributed by atoms with Gasteiger partial charge in [0, 0.05) is 27.3 Å². The molecule has 0 bridgehead atoms. The number of hydrogen-bond donors (Lipinski definition) is 4. The predicted molar refractivity (Wildman–Crippen MR) is 168 cm³/mol. The number of unbranched alkanes of at least 4 members (excludes halogenated alkanes) is 2. The molecule has 0 saturated carbocycles. The number of benzene rings is 2. The van der Waals surface area contributed by atoms with Gasteiger partial charge in [-0.2, -0.15) is 5.48 Å². The number of hydrogen-bond acceptors (Lipinski definition) is 8. The Hall–Kier alpha value is -4.29. The highest BCUT2D eigenvalue weighted by molar-refractivity contribution is 5.88. The molecule has 0 aliphatic rings. The lowest BCUT2D eigenvalue weighted by Crippen LogP contribution is -2.48. The monoisotopic (exact) mass is 626 g/mol. The lowest BCUT2D eigenvalue weighted by Gasteiger charge is -2.18. The first kappa shape index (κ1) is 36.9. The summed E-state index contributed by atoms with van der Waals surface area (Å²) in [6.07, 6.45) is 5.51. The zero-order valence-corrected chi connectivity index (χ0v) is 26.2. The molecule has 4 amide bonds. The van der Waals surface area contributed by atoms with E-state index < -0.39 is 29.7 Å². The van der Waals surface area contributed by atoms with Crippen molar-refractivity contribution in [1.82, 2.24) is 21.4 Å². The molecule has 0 unspecified atom stereocenters. The number of amides is 4. The van der Waals surface area contributed by atoms with Gasteiger partial charge >= 0.3 is 5.97 Å². The van der Waals surface area contributed by atoms with Gasteiger partial charge in [-0.3, -0.25) is 19.2 Å². The van der Waals surface area contributed by atoms with Crippen molar-refractivity contribution in [2.24, 2.45) is 0 Å². The third kappa shape index (κ3) is 17.0. The lowest BCUT2D eigenvalue weighted by atomic mass is 10.0. The van der Waals surface area contributed by atoms with Crippen LogP contribution < -0.4 is 21.4 Å². The van der Waals surface area contributed by atoms with Gasteiger partial charge in [-0.15, -0.1) is 0 Å². The number of carbonyl (C=O) groups excluding carboxylic acids is 5. The molecule has 0 spiro atoms. The zero-order chi connectivity index (χ0) is 32.7. The Bertz CT molecular complexity index is 1190. The Labute approximate surface area is 264 Å². The quantitative estimate of drug-likeness (QED) is 0.121. The third-order valence-corrected chi connectivity index (χ3v) is 6.76. The highest BCUT2D eigenvalue weighted by Gasteiger charge is 2.20. The maximum atomic E-state index is 12.7. The van der Waals surface area contributed by atoms with Crippen molar-refractivity contribution in [3.63, 3.8) is 0 Å². The Morgan fingerprint density at radius 3 is 1.96 bits per heavy atom. The lowest BCUT2D eigenvalue weighted by molar-refractivity contribution is -0.158. The topological polar surface area (TPSA) is 161 Å². The molecule has 2 rings (SSSR count). The van der Waals surface area contributed by atoms with E-state index in [1.54, 1.807) is 0 Å². The first-order valence-electron chi connectivity index (χ1n) is 15.2. The number of methoxy groups -OCH3 is 2. The molecule has 0 heterocycles. The summed E-state index contributed by atoms with van der Waals surface area (Å²) in [4.78, 5) is 65.3. The van der Waals surface area contributed by atoms with E-state index in [9.17, 15) is 24.0 Å². The van der Waals surface area contributed by atoms with Crippen LogP contribution in [-0.2, 0) is 57.5 Å². The molecule has 1 atom stereocenters. The highest BCUT2D eigenvalue weighted by atomic mass is 16.7. The fourth-order valence-electron chi connectivity index (χ4n) is 4.44. The van der Waals surface area contributed by atoms with Crippen LogP contribution in [-0.4, -0.2) is 76.2 Å². The average molecular weight is 627 g/mol. The van der Waals surface area contributed by atoms with Gasteiger partial charge in [0.2, 0.25) is 17.7 Å². The number of rotatable bonds is 21. The van der Waals surface area contributed by atoms with E-state index in [0.29, 0.717) is 25.8 Å². The molecule has 0 aliphatic carbocycles. The molecule has 4 N–H and O–H groups in total. The molecule has 2 aromatic carbocycles. The second-order valence-electron chi connectivity index (χ2n) is 10.6. The zero-order valence-electron chi connectivity index (χ0n) is 26.2. The Morgan fingerprint density at radius 2 is 1.29 bits per heavy atom. The van der Waals surface area contributed by atoms with Crippen LogP contribution in [0.2, 0.25) is 0 Å². The summed E-state index contributed by atoms with van der Waals surface area (Å²) in [6, 6.07) is 17.3. The first-order valence-corrected chi connectivity index (χ1v) is 15.2. The van der Waals surface area contributed by atoms with Crippen LogP contribution in [0.25, 0.3) is 0 Å². The number of carbonyl (C=O) groups is 5. The number of hydroxylamine groups is 1. The SMILES string of the molecule is COCC(=O)NCCCC[C@H](NC(=O)COC)C(=O)NCCC(=O)ONC(=O)Cc1ccc(CCCCc2ccccc2)cc1. The Kier molecular flexibility index (Phi) is 18.2. The van der Waals surface area contributed by atoms with E-state index in [1.165, 1.54) is 25.3 Å². The summed E-state index contributed by atoms with van der Waals surface area (Å²) in [7, 11) is 2.80. The van der Waals surface area contributed by atoms with Gasteiger partial charge in [0.05, 0.1) is 12.8 Å². The minimum Gasteiger partial charge on any atom is -0.375 e. The molecular weight excluding hydrogens is 580 g/mol. The summed E-state index contributed by atoms with van der Waals surface area (Å²) in [6.45, 7) is 0.113. The smallest absolute Gasteiger partial charge is 0.334 e. The molecule has 0 radical (unpaired) electrons. The van der Waals surface area contributed by atoms with Gasteiger partial charge in [0.25, 0.3) is 5.91 Å². The van der Waals surface area contributed by atoms with Crippen LogP contribution in [0.15, 0.2) is 54.6 Å². The summed E-state index contributed by atoms with van der Waals surface area (Å²) in [5, 5.41) is 7.90. The molecule has 246 valence electrons. The van der Waals surface area contributed by atoms with Crippen molar-refractivity contribution in [2.45, 2.75) is 63.8 Å². The number of aryl methyl sites for hydroxylation is 2. The Balaban J connectivity index is 1.64. The number of nitrogens with one attached hydrogen (secondary N) is 4. The van der Waals surface area contributed by atoms with Gasteiger partial charge in [0.1, 0.15) is 19.3 Å². The van der Waals surface area contributed by atoms with Crippen LogP contribution in [0.3, 0.4) is 0 Å². The van der Waals surface area contributed by atoms with E-state index in [4.69, 9.17) is 14.3 Å². The molecule has 0 fully saturated rings. The fraction of sp³-hybridized carbons (Fsp3) is 0.485. The second kappa shape index (κ2) is 22.3. The molecular formula is C33H46N4O8. The largest absolute Gasteiger partial charge is 0.375 e. The molecule has 12 nitrogen and oxygen atoms in total. The summed E-state index contributed by atoms with van der Waals surface area (Å²) < 4.78 is 9.56. The van der Waals surface area contributed by atoms with Crippen LogP contribution in [0.1, 0.15) is 55.2 Å². The van der Waals surface area contributed by atoms with Crippen molar-refractivity contribution in [3.05, 3.63) is 71.3 Å². The van der Waals surface area contributed by atoms with Crippen LogP contribution in [0, 0.1) is 0 Å². The van der Waals surface area contributed by atoms with Gasteiger partial charge in [-0.1, -0.05) is 54.6 Å². The van der Waals surface area contributed by atoms with E-state index in [1.807, 2.05) is 30.3 Å².